The van der Waals surface area contributed by atoms with Crippen molar-refractivity contribution in [1.29, 1.82) is 0 Å². The van der Waals surface area contributed by atoms with Gasteiger partial charge in [-0.2, -0.15) is 5.10 Å². The number of amides is 1. The monoisotopic (exact) mass is 441 g/mol. The fourth-order valence-corrected chi connectivity index (χ4v) is 4.07. The molecule has 0 spiro atoms. The van der Waals surface area contributed by atoms with Gasteiger partial charge in [0.2, 0.25) is 0 Å². The summed E-state index contributed by atoms with van der Waals surface area (Å²) in [4.78, 5) is 17.6. The normalized spacial score (nSPS) is 10.9. The maximum absolute atomic E-state index is 12.5. The Morgan fingerprint density at radius 1 is 1.00 bits per heavy atom. The van der Waals surface area contributed by atoms with Crippen molar-refractivity contribution in [2.24, 2.45) is 5.10 Å². The van der Waals surface area contributed by atoms with Crippen molar-refractivity contribution in [3.8, 4) is 16.3 Å². The maximum Gasteiger partial charge on any atom is 0.283 e. The van der Waals surface area contributed by atoms with Crippen molar-refractivity contribution < 1.29 is 9.53 Å². The van der Waals surface area contributed by atoms with E-state index in [1.54, 1.807) is 6.21 Å². The minimum atomic E-state index is -0.265. The fraction of sp³-hybridized carbons (Fsp3) is 0.115. The number of ether oxygens (including phenoxy) is 1. The minimum absolute atomic E-state index is 0.265. The van der Waals surface area contributed by atoms with E-state index in [9.17, 15) is 4.79 Å². The zero-order valence-corrected chi connectivity index (χ0v) is 18.5. The van der Waals surface area contributed by atoms with Gasteiger partial charge >= 0.3 is 0 Å². The third kappa shape index (κ3) is 5.68. The van der Waals surface area contributed by atoms with E-state index >= 15 is 0 Å². The summed E-state index contributed by atoms with van der Waals surface area (Å²) in [6.07, 6.45) is 2.47. The minimum Gasteiger partial charge on any atom is -0.493 e. The highest BCUT2D eigenvalue weighted by atomic mass is 32.1. The van der Waals surface area contributed by atoms with E-state index in [1.807, 2.05) is 79.7 Å². The third-order valence-electron chi connectivity index (χ3n) is 4.79. The number of nitrogens with zero attached hydrogens (tertiary/aromatic N) is 2. The van der Waals surface area contributed by atoms with Crippen LogP contribution in [0.2, 0.25) is 0 Å². The van der Waals surface area contributed by atoms with Crippen LogP contribution in [0.5, 0.6) is 5.75 Å². The topological polar surface area (TPSA) is 63.6 Å². The molecule has 1 aromatic heterocycles. The van der Waals surface area contributed by atoms with Gasteiger partial charge in [0.25, 0.3) is 5.91 Å². The van der Waals surface area contributed by atoms with Gasteiger partial charge in [-0.15, -0.1) is 11.3 Å². The molecular formula is C26H23N3O2S. The number of hydrogen-bond acceptors (Lipinski definition) is 5. The summed E-state index contributed by atoms with van der Waals surface area (Å²) in [7, 11) is 0. The molecule has 1 amide bonds. The second-order valence-corrected chi connectivity index (χ2v) is 8.15. The molecule has 32 heavy (non-hydrogen) atoms. The summed E-state index contributed by atoms with van der Waals surface area (Å²) in [5.74, 6) is 0.537. The molecule has 0 saturated carbocycles. The largest absolute Gasteiger partial charge is 0.493 e. The molecule has 4 rings (SSSR count). The molecule has 0 fully saturated rings. The molecule has 0 saturated heterocycles. The molecule has 1 N–H and O–H groups in total. The van der Waals surface area contributed by atoms with Crippen molar-refractivity contribution in [3.05, 3.63) is 107 Å². The molecule has 0 aliphatic heterocycles. The fourth-order valence-electron chi connectivity index (χ4n) is 3.11. The highest BCUT2D eigenvalue weighted by Gasteiger charge is 2.15. The standard InChI is InChI=1S/C26H23N3O2S/c1-19-24(32-26(28-19)22-10-6-3-7-11-22)25(30)29-27-18-21-12-14-23(15-13-21)31-17-16-20-8-4-2-5-9-20/h2-15,18H,16-17H2,1H3,(H,29,30)/b27-18+. The smallest absolute Gasteiger partial charge is 0.283 e. The molecule has 6 heteroatoms. The van der Waals surface area contributed by atoms with Crippen molar-refractivity contribution >= 4 is 23.5 Å². The Morgan fingerprint density at radius 2 is 1.69 bits per heavy atom. The highest BCUT2D eigenvalue weighted by molar-refractivity contribution is 7.17. The Hall–Kier alpha value is -3.77. The van der Waals surface area contributed by atoms with Crippen LogP contribution in [0.1, 0.15) is 26.5 Å². The van der Waals surface area contributed by atoms with Crippen molar-refractivity contribution in [2.75, 3.05) is 6.61 Å². The number of aryl methyl sites for hydroxylation is 1. The Bertz CT molecular complexity index is 1190. The summed E-state index contributed by atoms with van der Waals surface area (Å²) >= 11 is 1.36. The number of hydrazone groups is 1. The van der Waals surface area contributed by atoms with E-state index in [2.05, 4.69) is 27.6 Å². The predicted molar refractivity (Wildman–Crippen MR) is 129 cm³/mol. The maximum atomic E-state index is 12.5. The molecule has 0 radical (unpaired) electrons. The third-order valence-corrected chi connectivity index (χ3v) is 5.99. The molecule has 0 aliphatic carbocycles. The van der Waals surface area contributed by atoms with E-state index in [0.29, 0.717) is 17.2 Å². The van der Waals surface area contributed by atoms with Gasteiger partial charge in [0.15, 0.2) is 0 Å². The van der Waals surface area contributed by atoms with Gasteiger partial charge in [-0.3, -0.25) is 4.79 Å². The summed E-state index contributed by atoms with van der Waals surface area (Å²) in [6, 6.07) is 27.7. The van der Waals surface area contributed by atoms with Gasteiger partial charge in [0, 0.05) is 12.0 Å². The summed E-state index contributed by atoms with van der Waals surface area (Å²) in [6.45, 7) is 2.45. The Morgan fingerprint density at radius 3 is 2.41 bits per heavy atom. The average Bonchev–Trinajstić information content (AvgIpc) is 3.23. The number of nitrogens with one attached hydrogen (secondary N) is 1. The summed E-state index contributed by atoms with van der Waals surface area (Å²) in [5.41, 5.74) is 6.39. The number of carbonyl (C=O) groups excluding carboxylic acids is 1. The van der Waals surface area contributed by atoms with E-state index < -0.39 is 0 Å². The van der Waals surface area contributed by atoms with E-state index in [-0.39, 0.29) is 5.91 Å². The number of thiazole rings is 1. The lowest BCUT2D eigenvalue weighted by Crippen LogP contribution is -2.17. The van der Waals surface area contributed by atoms with Gasteiger partial charge in [0.1, 0.15) is 15.6 Å². The molecule has 3 aromatic carbocycles. The van der Waals surface area contributed by atoms with Crippen molar-refractivity contribution in [1.82, 2.24) is 10.4 Å². The number of aromatic nitrogens is 1. The lowest BCUT2D eigenvalue weighted by Gasteiger charge is -2.06. The number of benzene rings is 3. The van der Waals surface area contributed by atoms with E-state index in [4.69, 9.17) is 4.74 Å². The van der Waals surface area contributed by atoms with Gasteiger partial charge in [0.05, 0.1) is 18.5 Å². The molecule has 0 atom stereocenters. The van der Waals surface area contributed by atoms with Gasteiger partial charge in [-0.05, 0) is 42.3 Å². The quantitative estimate of drug-likeness (QED) is 0.290. The molecule has 0 bridgehead atoms. The number of hydrogen-bond donors (Lipinski definition) is 1. The van der Waals surface area contributed by atoms with Crippen LogP contribution in [-0.4, -0.2) is 23.7 Å². The Kier molecular flexibility index (Phi) is 7.05. The van der Waals surface area contributed by atoms with Crippen molar-refractivity contribution in [3.63, 3.8) is 0 Å². The van der Waals surface area contributed by atoms with Crippen LogP contribution in [0.4, 0.5) is 0 Å². The van der Waals surface area contributed by atoms with Crippen LogP contribution in [0.25, 0.3) is 10.6 Å². The first-order valence-electron chi connectivity index (χ1n) is 10.3. The van der Waals surface area contributed by atoms with Crippen molar-refractivity contribution in [2.45, 2.75) is 13.3 Å². The first kappa shape index (κ1) is 21.5. The van der Waals surface area contributed by atoms with Gasteiger partial charge < -0.3 is 4.74 Å². The predicted octanol–water partition coefficient (Wildman–Crippen LogP) is 5.50. The molecule has 5 nitrogen and oxygen atoms in total. The Labute approximate surface area is 191 Å². The average molecular weight is 442 g/mol. The summed E-state index contributed by atoms with van der Waals surface area (Å²) < 4.78 is 5.80. The molecule has 1 heterocycles. The molecule has 0 unspecified atom stereocenters. The molecule has 160 valence electrons. The van der Waals surface area contributed by atoms with Gasteiger partial charge in [-0.25, -0.2) is 10.4 Å². The van der Waals surface area contributed by atoms with E-state index in [0.717, 1.165) is 28.3 Å². The van der Waals surface area contributed by atoms with Gasteiger partial charge in [-0.1, -0.05) is 60.7 Å². The first-order valence-corrected chi connectivity index (χ1v) is 11.1. The molecule has 4 aromatic rings. The highest BCUT2D eigenvalue weighted by Crippen LogP contribution is 2.27. The zero-order valence-electron chi connectivity index (χ0n) is 17.7. The number of carbonyl (C=O) groups is 1. The number of rotatable bonds is 8. The second-order valence-electron chi connectivity index (χ2n) is 7.15. The second kappa shape index (κ2) is 10.5. The molecular weight excluding hydrogens is 418 g/mol. The lowest BCUT2D eigenvalue weighted by atomic mass is 10.2. The lowest BCUT2D eigenvalue weighted by molar-refractivity contribution is 0.0958. The van der Waals surface area contributed by atoms with Crippen LogP contribution >= 0.6 is 11.3 Å². The summed E-state index contributed by atoms with van der Waals surface area (Å²) in [5, 5.41) is 4.91. The van der Waals surface area contributed by atoms with Crippen LogP contribution in [0, 0.1) is 6.92 Å². The van der Waals surface area contributed by atoms with E-state index in [1.165, 1.54) is 16.9 Å². The zero-order chi connectivity index (χ0) is 22.2. The van der Waals surface area contributed by atoms with Crippen LogP contribution in [0.3, 0.4) is 0 Å². The van der Waals surface area contributed by atoms with Crippen LogP contribution < -0.4 is 10.2 Å². The SMILES string of the molecule is Cc1nc(-c2ccccc2)sc1C(=O)N/N=C/c1ccc(OCCc2ccccc2)cc1. The molecule has 0 aliphatic rings. The Balaban J connectivity index is 1.29. The van der Waals surface area contributed by atoms with Crippen LogP contribution in [-0.2, 0) is 6.42 Å². The van der Waals surface area contributed by atoms with Crippen LogP contribution in [0.15, 0.2) is 90.0 Å². The first-order chi connectivity index (χ1) is 15.7.